The molecule has 0 saturated heterocycles. The Bertz CT molecular complexity index is 473. The third kappa shape index (κ3) is 3.67. The van der Waals surface area contributed by atoms with Gasteiger partial charge in [-0.05, 0) is 48.0 Å². The van der Waals surface area contributed by atoms with Crippen LogP contribution in [0.1, 0.15) is 21.6 Å². The molecule has 0 saturated carbocycles. The van der Waals surface area contributed by atoms with Gasteiger partial charge in [0.1, 0.15) is 0 Å². The number of benzene rings is 1. The Hall–Kier alpha value is -1.16. The lowest BCUT2D eigenvalue weighted by atomic mass is 10.1. The standard InChI is InChI=1S/C15H20N2S/c1-12-7-9-18-15(12)11-17-10-14-4-2-13(3-5-14)6-8-16/h2-5,7,9,17H,6,8,10-11,16H2,1H3. The SMILES string of the molecule is Cc1ccsc1CNCc1ccc(CCN)cc1. The second kappa shape index (κ2) is 6.69. The van der Waals surface area contributed by atoms with E-state index < -0.39 is 0 Å². The third-order valence-corrected chi connectivity index (χ3v) is 4.06. The molecule has 0 aliphatic heterocycles. The fourth-order valence-corrected chi connectivity index (χ4v) is 2.77. The Balaban J connectivity index is 1.81. The van der Waals surface area contributed by atoms with Gasteiger partial charge in [0, 0.05) is 18.0 Å². The van der Waals surface area contributed by atoms with Gasteiger partial charge in [-0.15, -0.1) is 11.3 Å². The van der Waals surface area contributed by atoms with Gasteiger partial charge in [0.2, 0.25) is 0 Å². The van der Waals surface area contributed by atoms with Crippen LogP contribution in [0, 0.1) is 6.92 Å². The number of nitrogens with two attached hydrogens (primary N) is 1. The molecule has 1 aromatic carbocycles. The minimum atomic E-state index is 0.718. The first-order valence-electron chi connectivity index (χ1n) is 6.31. The molecule has 0 aliphatic carbocycles. The molecule has 0 aliphatic rings. The van der Waals surface area contributed by atoms with Gasteiger partial charge < -0.3 is 11.1 Å². The smallest absolute Gasteiger partial charge is 0.0305 e. The first kappa shape index (κ1) is 13.3. The highest BCUT2D eigenvalue weighted by atomic mass is 32.1. The van der Waals surface area contributed by atoms with Crippen LogP contribution in [0.2, 0.25) is 0 Å². The van der Waals surface area contributed by atoms with E-state index in [1.165, 1.54) is 21.6 Å². The van der Waals surface area contributed by atoms with E-state index in [2.05, 4.69) is 48.0 Å². The Kier molecular flexibility index (Phi) is 4.93. The highest BCUT2D eigenvalue weighted by Gasteiger charge is 1.99. The van der Waals surface area contributed by atoms with Gasteiger partial charge in [0.25, 0.3) is 0 Å². The Morgan fingerprint density at radius 3 is 2.39 bits per heavy atom. The fourth-order valence-electron chi connectivity index (χ4n) is 1.90. The van der Waals surface area contributed by atoms with E-state index in [1.807, 2.05) is 11.3 Å². The highest BCUT2D eigenvalue weighted by molar-refractivity contribution is 7.10. The van der Waals surface area contributed by atoms with Crippen LogP contribution in [0.5, 0.6) is 0 Å². The zero-order valence-corrected chi connectivity index (χ0v) is 11.6. The van der Waals surface area contributed by atoms with E-state index in [0.717, 1.165) is 26.1 Å². The van der Waals surface area contributed by atoms with Crippen LogP contribution in [-0.2, 0) is 19.5 Å². The molecular formula is C15H20N2S. The predicted octanol–water partition coefficient (Wildman–Crippen LogP) is 2.85. The molecule has 2 nitrogen and oxygen atoms in total. The van der Waals surface area contributed by atoms with Crippen molar-refractivity contribution in [2.45, 2.75) is 26.4 Å². The van der Waals surface area contributed by atoms with E-state index >= 15 is 0 Å². The lowest BCUT2D eigenvalue weighted by Crippen LogP contribution is -2.12. The lowest BCUT2D eigenvalue weighted by molar-refractivity contribution is 0.698. The number of thiophene rings is 1. The van der Waals surface area contributed by atoms with Crippen LogP contribution in [0.25, 0.3) is 0 Å². The van der Waals surface area contributed by atoms with Crippen molar-refractivity contribution in [3.05, 3.63) is 57.3 Å². The summed E-state index contributed by atoms with van der Waals surface area (Å²) < 4.78 is 0. The quantitative estimate of drug-likeness (QED) is 0.838. The summed E-state index contributed by atoms with van der Waals surface area (Å²) in [5.41, 5.74) is 9.56. The van der Waals surface area contributed by atoms with Crippen molar-refractivity contribution >= 4 is 11.3 Å². The maximum atomic E-state index is 5.54. The number of hydrogen-bond donors (Lipinski definition) is 2. The van der Waals surface area contributed by atoms with E-state index in [4.69, 9.17) is 5.73 Å². The van der Waals surface area contributed by atoms with Crippen LogP contribution in [0.4, 0.5) is 0 Å². The molecule has 18 heavy (non-hydrogen) atoms. The number of nitrogens with one attached hydrogen (secondary N) is 1. The number of hydrogen-bond acceptors (Lipinski definition) is 3. The van der Waals surface area contributed by atoms with E-state index in [-0.39, 0.29) is 0 Å². The molecule has 3 heteroatoms. The monoisotopic (exact) mass is 260 g/mol. The highest BCUT2D eigenvalue weighted by Crippen LogP contribution is 2.15. The first-order chi connectivity index (χ1) is 8.79. The maximum Gasteiger partial charge on any atom is 0.0305 e. The molecule has 0 radical (unpaired) electrons. The van der Waals surface area contributed by atoms with Crippen LogP contribution in [0.15, 0.2) is 35.7 Å². The van der Waals surface area contributed by atoms with Crippen molar-refractivity contribution in [3.8, 4) is 0 Å². The van der Waals surface area contributed by atoms with E-state index in [9.17, 15) is 0 Å². The van der Waals surface area contributed by atoms with Crippen LogP contribution in [-0.4, -0.2) is 6.54 Å². The van der Waals surface area contributed by atoms with Crippen molar-refractivity contribution in [1.29, 1.82) is 0 Å². The van der Waals surface area contributed by atoms with Gasteiger partial charge in [0.05, 0.1) is 0 Å². The summed E-state index contributed by atoms with van der Waals surface area (Å²) in [5.74, 6) is 0. The molecule has 3 N–H and O–H groups in total. The second-order valence-electron chi connectivity index (χ2n) is 4.49. The molecule has 0 bridgehead atoms. The molecule has 0 unspecified atom stereocenters. The topological polar surface area (TPSA) is 38.0 Å². The molecule has 2 aromatic rings. The van der Waals surface area contributed by atoms with Gasteiger partial charge in [-0.25, -0.2) is 0 Å². The zero-order valence-electron chi connectivity index (χ0n) is 10.8. The third-order valence-electron chi connectivity index (χ3n) is 3.04. The molecule has 0 amide bonds. The zero-order chi connectivity index (χ0) is 12.8. The summed E-state index contributed by atoms with van der Waals surface area (Å²) in [6.45, 7) is 4.75. The van der Waals surface area contributed by atoms with Crippen molar-refractivity contribution in [1.82, 2.24) is 5.32 Å². The normalized spacial score (nSPS) is 10.8. The van der Waals surface area contributed by atoms with Crippen molar-refractivity contribution < 1.29 is 0 Å². The van der Waals surface area contributed by atoms with Crippen molar-refractivity contribution in [3.63, 3.8) is 0 Å². The van der Waals surface area contributed by atoms with Crippen molar-refractivity contribution in [2.24, 2.45) is 5.73 Å². The second-order valence-corrected chi connectivity index (χ2v) is 5.49. The van der Waals surface area contributed by atoms with Gasteiger partial charge >= 0.3 is 0 Å². The predicted molar refractivity (Wildman–Crippen MR) is 78.8 cm³/mol. The molecule has 0 atom stereocenters. The van der Waals surface area contributed by atoms with Gasteiger partial charge in [0.15, 0.2) is 0 Å². The summed E-state index contributed by atoms with van der Waals surface area (Å²) in [7, 11) is 0. The number of aryl methyl sites for hydroxylation is 1. The summed E-state index contributed by atoms with van der Waals surface area (Å²) in [4.78, 5) is 1.43. The van der Waals surface area contributed by atoms with Gasteiger partial charge in [-0.2, -0.15) is 0 Å². The molecule has 0 fully saturated rings. The number of rotatable bonds is 6. The minimum absolute atomic E-state index is 0.718. The molecular weight excluding hydrogens is 240 g/mol. The van der Waals surface area contributed by atoms with Gasteiger partial charge in [-0.3, -0.25) is 0 Å². The van der Waals surface area contributed by atoms with E-state index in [1.54, 1.807) is 0 Å². The Morgan fingerprint density at radius 2 is 1.78 bits per heavy atom. The Morgan fingerprint density at radius 1 is 1.06 bits per heavy atom. The lowest BCUT2D eigenvalue weighted by Gasteiger charge is -2.06. The van der Waals surface area contributed by atoms with Crippen molar-refractivity contribution in [2.75, 3.05) is 6.54 Å². The summed E-state index contributed by atoms with van der Waals surface area (Å²) >= 11 is 1.82. The summed E-state index contributed by atoms with van der Waals surface area (Å²) in [6, 6.07) is 10.9. The molecule has 0 spiro atoms. The Labute approximate surface area is 113 Å². The van der Waals surface area contributed by atoms with Crippen LogP contribution in [0.3, 0.4) is 0 Å². The summed E-state index contributed by atoms with van der Waals surface area (Å²) in [6.07, 6.45) is 0.960. The minimum Gasteiger partial charge on any atom is -0.330 e. The molecule has 1 heterocycles. The molecule has 96 valence electrons. The van der Waals surface area contributed by atoms with E-state index in [0.29, 0.717) is 0 Å². The average molecular weight is 260 g/mol. The van der Waals surface area contributed by atoms with Crippen LogP contribution < -0.4 is 11.1 Å². The summed E-state index contributed by atoms with van der Waals surface area (Å²) in [5, 5.41) is 5.63. The largest absolute Gasteiger partial charge is 0.330 e. The van der Waals surface area contributed by atoms with Gasteiger partial charge in [-0.1, -0.05) is 24.3 Å². The first-order valence-corrected chi connectivity index (χ1v) is 7.19. The molecule has 2 rings (SSSR count). The fraction of sp³-hybridized carbons (Fsp3) is 0.333. The maximum absolute atomic E-state index is 5.54. The average Bonchev–Trinajstić information content (AvgIpc) is 2.78. The molecule has 1 aromatic heterocycles. The van der Waals surface area contributed by atoms with Crippen LogP contribution >= 0.6 is 11.3 Å².